The molecule has 0 aliphatic carbocycles. The smallest absolute Gasteiger partial charge is 0.243 e. The Morgan fingerprint density at radius 2 is 1.63 bits per heavy atom. The predicted molar refractivity (Wildman–Crippen MR) is 119 cm³/mol. The van der Waals surface area contributed by atoms with Gasteiger partial charge in [-0.25, -0.2) is 4.39 Å². The van der Waals surface area contributed by atoms with Crippen molar-refractivity contribution in [3.8, 4) is 0 Å². The molecule has 1 N–H and O–H groups in total. The molecule has 4 nitrogen and oxygen atoms in total. The first-order valence-corrected chi connectivity index (χ1v) is 10.8. The summed E-state index contributed by atoms with van der Waals surface area (Å²) in [6, 6.07) is 10.3. The number of carbonyl (C=O) groups is 2. The van der Waals surface area contributed by atoms with Crippen molar-refractivity contribution < 1.29 is 14.0 Å². The molecule has 0 saturated carbocycles. The third-order valence-electron chi connectivity index (χ3n) is 4.99. The molecule has 0 spiro atoms. The molecule has 2 rings (SSSR count). The van der Waals surface area contributed by atoms with E-state index in [0.717, 1.165) is 12.0 Å². The van der Waals surface area contributed by atoms with Gasteiger partial charge in [-0.1, -0.05) is 55.2 Å². The van der Waals surface area contributed by atoms with Gasteiger partial charge in [0.1, 0.15) is 11.9 Å². The monoisotopic (exact) mass is 452 g/mol. The number of carbonyl (C=O) groups excluding carboxylic acids is 2. The molecule has 0 saturated heterocycles. The molecule has 7 heteroatoms. The zero-order valence-electron chi connectivity index (χ0n) is 17.4. The molecule has 0 heterocycles. The third-order valence-corrected chi connectivity index (χ3v) is 5.73. The Morgan fingerprint density at radius 1 is 1.00 bits per heavy atom. The van der Waals surface area contributed by atoms with Crippen LogP contribution in [-0.4, -0.2) is 28.8 Å². The third kappa shape index (κ3) is 6.71. The summed E-state index contributed by atoms with van der Waals surface area (Å²) in [6.07, 6.45) is 1.31. The summed E-state index contributed by atoms with van der Waals surface area (Å²) < 4.78 is 13.2. The molecule has 0 bridgehead atoms. The van der Waals surface area contributed by atoms with Crippen LogP contribution in [0.2, 0.25) is 10.0 Å². The van der Waals surface area contributed by atoms with Crippen molar-refractivity contribution in [2.45, 2.75) is 58.7 Å². The summed E-state index contributed by atoms with van der Waals surface area (Å²) in [5.41, 5.74) is 1.45. The van der Waals surface area contributed by atoms with Gasteiger partial charge < -0.3 is 10.2 Å². The van der Waals surface area contributed by atoms with Crippen molar-refractivity contribution in [3.63, 3.8) is 0 Å². The minimum absolute atomic E-state index is 0.00516. The van der Waals surface area contributed by atoms with E-state index in [1.54, 1.807) is 35.2 Å². The van der Waals surface area contributed by atoms with E-state index in [2.05, 4.69) is 5.32 Å². The Kier molecular flexibility index (Phi) is 9.12. The fourth-order valence-electron chi connectivity index (χ4n) is 3.07. The number of nitrogens with zero attached hydrogens (tertiary/aromatic N) is 1. The topological polar surface area (TPSA) is 49.4 Å². The van der Waals surface area contributed by atoms with Crippen molar-refractivity contribution in [1.82, 2.24) is 10.2 Å². The quantitative estimate of drug-likeness (QED) is 0.553. The second kappa shape index (κ2) is 11.3. The number of hydrogen-bond donors (Lipinski definition) is 1. The van der Waals surface area contributed by atoms with Gasteiger partial charge in [0, 0.05) is 12.6 Å². The number of benzene rings is 2. The molecule has 2 aromatic rings. The summed E-state index contributed by atoms with van der Waals surface area (Å²) in [5.74, 6) is -0.781. The van der Waals surface area contributed by atoms with Gasteiger partial charge in [-0.2, -0.15) is 0 Å². The zero-order chi connectivity index (χ0) is 22.3. The minimum Gasteiger partial charge on any atom is -0.352 e. The second-order valence-electron chi connectivity index (χ2n) is 7.32. The van der Waals surface area contributed by atoms with E-state index >= 15 is 0 Å². The van der Waals surface area contributed by atoms with Crippen LogP contribution in [0.15, 0.2) is 42.5 Å². The maximum absolute atomic E-state index is 13.2. The molecule has 0 fully saturated rings. The molecule has 2 atom stereocenters. The molecule has 162 valence electrons. The number of rotatable bonds is 9. The number of hydrogen-bond acceptors (Lipinski definition) is 2. The van der Waals surface area contributed by atoms with Gasteiger partial charge in [-0.3, -0.25) is 9.59 Å². The van der Waals surface area contributed by atoms with E-state index in [1.165, 1.54) is 12.1 Å². The number of halogens is 3. The van der Waals surface area contributed by atoms with Crippen molar-refractivity contribution in [1.29, 1.82) is 0 Å². The first-order chi connectivity index (χ1) is 14.2. The van der Waals surface area contributed by atoms with Crippen LogP contribution in [0, 0.1) is 5.82 Å². The lowest BCUT2D eigenvalue weighted by molar-refractivity contribution is -0.141. The highest BCUT2D eigenvalue weighted by Crippen LogP contribution is 2.24. The fraction of sp³-hybridized carbons (Fsp3) is 0.391. The Morgan fingerprint density at radius 3 is 2.20 bits per heavy atom. The molecular weight excluding hydrogens is 426 g/mol. The van der Waals surface area contributed by atoms with Gasteiger partial charge in [0.05, 0.1) is 16.5 Å². The van der Waals surface area contributed by atoms with E-state index in [0.29, 0.717) is 22.0 Å². The summed E-state index contributed by atoms with van der Waals surface area (Å²) in [6.45, 7) is 5.99. The van der Waals surface area contributed by atoms with Crippen LogP contribution in [0.3, 0.4) is 0 Å². The van der Waals surface area contributed by atoms with E-state index in [-0.39, 0.29) is 36.6 Å². The first-order valence-electron chi connectivity index (χ1n) is 10.0. The molecule has 2 amide bonds. The maximum atomic E-state index is 13.2. The predicted octanol–water partition coefficient (Wildman–Crippen LogP) is 5.40. The average molecular weight is 453 g/mol. The first kappa shape index (κ1) is 24.2. The fourth-order valence-corrected chi connectivity index (χ4v) is 3.39. The van der Waals surface area contributed by atoms with Crippen LogP contribution in [0.1, 0.15) is 44.7 Å². The summed E-state index contributed by atoms with van der Waals surface area (Å²) >= 11 is 12.1. The van der Waals surface area contributed by atoms with Crippen molar-refractivity contribution >= 4 is 35.0 Å². The van der Waals surface area contributed by atoms with E-state index < -0.39 is 6.04 Å². The van der Waals surface area contributed by atoms with Crippen LogP contribution >= 0.6 is 23.2 Å². The lowest BCUT2D eigenvalue weighted by atomic mass is 10.1. The van der Waals surface area contributed by atoms with Crippen LogP contribution in [0.4, 0.5) is 4.39 Å². The molecule has 0 radical (unpaired) electrons. The van der Waals surface area contributed by atoms with Gasteiger partial charge in [0.2, 0.25) is 11.8 Å². The molecule has 0 aliphatic heterocycles. The Labute approximate surface area is 187 Å². The van der Waals surface area contributed by atoms with Crippen molar-refractivity contribution in [3.05, 3.63) is 69.5 Å². The standard InChI is InChI=1S/C23H27Cl2FN2O2/c1-4-15(3)27-23(30)21(5-2)28(14-17-8-11-19(24)20(25)12-17)22(29)13-16-6-9-18(26)10-7-16/h6-12,15,21H,4-5,13-14H2,1-3H3,(H,27,30)/t15-,21+/m1/s1. The van der Waals surface area contributed by atoms with Crippen LogP contribution in [-0.2, 0) is 22.6 Å². The van der Waals surface area contributed by atoms with E-state index in [4.69, 9.17) is 23.2 Å². The van der Waals surface area contributed by atoms with E-state index in [1.807, 2.05) is 20.8 Å². The highest BCUT2D eigenvalue weighted by Gasteiger charge is 2.29. The Hall–Kier alpha value is -2.11. The van der Waals surface area contributed by atoms with Crippen molar-refractivity contribution in [2.24, 2.45) is 0 Å². The molecule has 30 heavy (non-hydrogen) atoms. The SMILES string of the molecule is CC[C@@H](C)NC(=O)[C@H](CC)N(Cc1ccc(Cl)c(Cl)c1)C(=O)Cc1ccc(F)cc1. The normalized spacial score (nSPS) is 12.9. The zero-order valence-corrected chi connectivity index (χ0v) is 18.9. The minimum atomic E-state index is -0.638. The summed E-state index contributed by atoms with van der Waals surface area (Å²) in [4.78, 5) is 27.7. The van der Waals surface area contributed by atoms with Gasteiger partial charge in [-0.15, -0.1) is 0 Å². The van der Waals surface area contributed by atoms with Gasteiger partial charge in [-0.05, 0) is 55.2 Å². The van der Waals surface area contributed by atoms with Gasteiger partial charge in [0.15, 0.2) is 0 Å². The van der Waals surface area contributed by atoms with Gasteiger partial charge in [0.25, 0.3) is 0 Å². The van der Waals surface area contributed by atoms with Crippen LogP contribution in [0.5, 0.6) is 0 Å². The molecule has 0 unspecified atom stereocenters. The van der Waals surface area contributed by atoms with Crippen LogP contribution in [0.25, 0.3) is 0 Å². The second-order valence-corrected chi connectivity index (χ2v) is 8.13. The number of nitrogens with one attached hydrogen (secondary N) is 1. The molecule has 2 aromatic carbocycles. The largest absolute Gasteiger partial charge is 0.352 e. The molecular formula is C23H27Cl2FN2O2. The van der Waals surface area contributed by atoms with Crippen LogP contribution < -0.4 is 5.32 Å². The van der Waals surface area contributed by atoms with Gasteiger partial charge >= 0.3 is 0 Å². The Balaban J connectivity index is 2.31. The Bertz CT molecular complexity index is 874. The average Bonchev–Trinajstić information content (AvgIpc) is 2.72. The lowest BCUT2D eigenvalue weighted by Gasteiger charge is -2.31. The van der Waals surface area contributed by atoms with E-state index in [9.17, 15) is 14.0 Å². The lowest BCUT2D eigenvalue weighted by Crippen LogP contribution is -2.51. The molecule has 0 aromatic heterocycles. The summed E-state index contributed by atoms with van der Waals surface area (Å²) in [5, 5.41) is 3.77. The highest BCUT2D eigenvalue weighted by molar-refractivity contribution is 6.42. The molecule has 0 aliphatic rings. The summed E-state index contributed by atoms with van der Waals surface area (Å²) in [7, 11) is 0. The number of amides is 2. The maximum Gasteiger partial charge on any atom is 0.243 e. The van der Waals surface area contributed by atoms with Crippen molar-refractivity contribution in [2.75, 3.05) is 0 Å². The highest BCUT2D eigenvalue weighted by atomic mass is 35.5.